The summed E-state index contributed by atoms with van der Waals surface area (Å²) < 4.78 is 36.1. The van der Waals surface area contributed by atoms with E-state index in [1.807, 2.05) is 13.8 Å². The zero-order valence-electron chi connectivity index (χ0n) is 28.6. The molecule has 1 aromatic heterocycles. The number of alkyl halides is 2. The van der Waals surface area contributed by atoms with Crippen LogP contribution in [-0.4, -0.2) is 47.6 Å². The van der Waals surface area contributed by atoms with Gasteiger partial charge in [0.15, 0.2) is 5.82 Å². The van der Waals surface area contributed by atoms with Crippen molar-refractivity contribution < 1.29 is 28.2 Å². The third-order valence-corrected chi connectivity index (χ3v) is 10.0. The lowest BCUT2D eigenvalue weighted by molar-refractivity contribution is -0.146. The number of phenols is 1. The number of nitrogens with zero attached hydrogens (tertiary/aromatic N) is 3. The van der Waals surface area contributed by atoms with Crippen molar-refractivity contribution in [3.8, 4) is 22.8 Å². The highest BCUT2D eigenvalue weighted by Crippen LogP contribution is 2.45. The van der Waals surface area contributed by atoms with Crippen LogP contribution in [0.2, 0.25) is 0 Å². The minimum Gasteiger partial charge on any atom is -0.507 e. The molecule has 3 aliphatic rings. The van der Waals surface area contributed by atoms with Crippen LogP contribution in [0.25, 0.3) is 11.3 Å². The Morgan fingerprint density at radius 3 is 2.28 bits per heavy atom. The van der Waals surface area contributed by atoms with Crippen molar-refractivity contribution in [3.05, 3.63) is 28.8 Å². The van der Waals surface area contributed by atoms with Crippen LogP contribution in [0.1, 0.15) is 121 Å². The van der Waals surface area contributed by atoms with Gasteiger partial charge in [-0.3, -0.25) is 4.79 Å². The SMILES string of the molecule is CC.CCCCc1c(-c2c(O)cc(OC(F)F)cc2CC2CCC2)nnc(N2CC2CCC(CCC)C(=O)OC)c1CC1CCC1. The number of carbonyl (C=O) groups is 1. The minimum atomic E-state index is -2.96. The molecule has 2 aromatic rings. The van der Waals surface area contributed by atoms with E-state index >= 15 is 0 Å². The van der Waals surface area contributed by atoms with Gasteiger partial charge >= 0.3 is 12.6 Å². The third-order valence-electron chi connectivity index (χ3n) is 10.0. The Balaban J connectivity index is 0.00000235. The van der Waals surface area contributed by atoms with E-state index in [1.165, 1.54) is 38.0 Å². The number of ether oxygens (including phenoxy) is 2. The molecule has 2 atom stereocenters. The van der Waals surface area contributed by atoms with Crippen molar-refractivity contribution in [1.29, 1.82) is 0 Å². The number of unbranched alkanes of at least 4 members (excludes halogenated alkanes) is 1. The summed E-state index contributed by atoms with van der Waals surface area (Å²) in [6.45, 7) is 6.19. The number of anilines is 1. The highest BCUT2D eigenvalue weighted by molar-refractivity contribution is 5.77. The first-order valence-corrected chi connectivity index (χ1v) is 17.9. The maximum Gasteiger partial charge on any atom is 0.387 e. The van der Waals surface area contributed by atoms with Crippen molar-refractivity contribution in [2.24, 2.45) is 17.8 Å². The second kappa shape index (κ2) is 17.3. The molecule has 9 heteroatoms. The van der Waals surface area contributed by atoms with E-state index in [0.29, 0.717) is 35.6 Å². The van der Waals surface area contributed by atoms with Gasteiger partial charge in [-0.15, -0.1) is 10.2 Å². The molecule has 5 rings (SSSR count). The van der Waals surface area contributed by atoms with Gasteiger partial charge in [-0.2, -0.15) is 8.78 Å². The third kappa shape index (κ3) is 8.88. The Kier molecular flexibility index (Phi) is 13.5. The van der Waals surface area contributed by atoms with Crippen LogP contribution in [-0.2, 0) is 28.8 Å². The van der Waals surface area contributed by atoms with E-state index < -0.39 is 6.61 Å². The second-order valence-corrected chi connectivity index (χ2v) is 13.2. The van der Waals surface area contributed by atoms with Crippen LogP contribution in [0, 0.1) is 17.8 Å². The van der Waals surface area contributed by atoms with Gasteiger partial charge in [-0.25, -0.2) is 0 Å². The van der Waals surface area contributed by atoms with Crippen molar-refractivity contribution in [2.45, 2.75) is 137 Å². The fraction of sp³-hybridized carbons (Fsp3) is 0.703. The van der Waals surface area contributed by atoms with E-state index in [9.17, 15) is 18.7 Å². The fourth-order valence-electron chi connectivity index (χ4n) is 7.00. The molecule has 0 amide bonds. The Morgan fingerprint density at radius 1 is 1.00 bits per heavy atom. The number of carbonyl (C=O) groups excluding carboxylic acids is 1. The molecule has 1 saturated heterocycles. The average molecular weight is 644 g/mol. The topological polar surface area (TPSA) is 84.5 Å². The summed E-state index contributed by atoms with van der Waals surface area (Å²) in [6.07, 6.45) is 14.9. The zero-order chi connectivity index (χ0) is 33.2. The summed E-state index contributed by atoms with van der Waals surface area (Å²) in [5.41, 5.74) is 4.44. The molecule has 2 heterocycles. The van der Waals surface area contributed by atoms with E-state index in [4.69, 9.17) is 19.7 Å². The van der Waals surface area contributed by atoms with Gasteiger partial charge in [0.25, 0.3) is 0 Å². The number of halogens is 2. The first kappa shape index (κ1) is 35.9. The predicted octanol–water partition coefficient (Wildman–Crippen LogP) is 9.06. The summed E-state index contributed by atoms with van der Waals surface area (Å²) in [5, 5.41) is 21.0. The van der Waals surface area contributed by atoms with Crippen LogP contribution in [0.5, 0.6) is 11.5 Å². The van der Waals surface area contributed by atoms with Crippen molar-refractivity contribution >= 4 is 11.8 Å². The molecular formula is C37H55F2N3O4. The van der Waals surface area contributed by atoms with E-state index in [0.717, 1.165) is 94.1 Å². The molecular weight excluding hydrogens is 588 g/mol. The van der Waals surface area contributed by atoms with Crippen LogP contribution < -0.4 is 9.64 Å². The van der Waals surface area contributed by atoms with Crippen LogP contribution in [0.15, 0.2) is 12.1 Å². The first-order chi connectivity index (χ1) is 22.3. The molecule has 2 unspecified atom stereocenters. The summed E-state index contributed by atoms with van der Waals surface area (Å²) in [4.78, 5) is 14.6. The summed E-state index contributed by atoms with van der Waals surface area (Å²) in [5.74, 6) is 1.67. The Labute approximate surface area is 274 Å². The van der Waals surface area contributed by atoms with Crippen LogP contribution >= 0.6 is 0 Å². The number of aromatic nitrogens is 2. The summed E-state index contributed by atoms with van der Waals surface area (Å²) >= 11 is 0. The Morgan fingerprint density at radius 2 is 1.70 bits per heavy atom. The average Bonchev–Trinajstić information content (AvgIpc) is 3.77. The molecule has 1 aromatic carbocycles. The first-order valence-electron chi connectivity index (χ1n) is 17.9. The van der Waals surface area contributed by atoms with Gasteiger partial charge in [0, 0.05) is 29.8 Å². The number of methoxy groups -OCH3 is 1. The van der Waals surface area contributed by atoms with Gasteiger partial charge in [-0.1, -0.05) is 79.1 Å². The van der Waals surface area contributed by atoms with Gasteiger partial charge in [-0.05, 0) is 74.0 Å². The minimum absolute atomic E-state index is 0.0229. The van der Waals surface area contributed by atoms with Crippen molar-refractivity contribution in [1.82, 2.24) is 10.2 Å². The normalized spacial score (nSPS) is 18.3. The monoisotopic (exact) mass is 643 g/mol. The fourth-order valence-corrected chi connectivity index (χ4v) is 7.00. The highest BCUT2D eigenvalue weighted by atomic mass is 19.3. The largest absolute Gasteiger partial charge is 0.507 e. The molecule has 0 bridgehead atoms. The summed E-state index contributed by atoms with van der Waals surface area (Å²) in [7, 11) is 1.46. The smallest absolute Gasteiger partial charge is 0.387 e. The molecule has 1 aliphatic heterocycles. The standard InChI is InChI=1S/C35H49F2N3O4.C2H6/c1-4-6-14-28-29(18-23-12-8-13-23)33(40-21-26(40)16-15-24(9-5-2)34(42)43-3)39-38-32(28)31-25(17-22-10-7-11-22)19-27(20-30(31)41)44-35(36)37;1-2/h19-20,22-24,26,35,41H,4-18,21H2,1-3H3;1-2H3. The maximum atomic E-state index is 13.2. The number of phenolic OH excluding ortho intramolecular Hbond substituents is 1. The zero-order valence-corrected chi connectivity index (χ0v) is 28.6. The number of benzene rings is 1. The molecule has 0 spiro atoms. The number of aromatic hydroxyl groups is 1. The van der Waals surface area contributed by atoms with E-state index in [-0.39, 0.29) is 23.4 Å². The van der Waals surface area contributed by atoms with Crippen LogP contribution in [0.4, 0.5) is 14.6 Å². The van der Waals surface area contributed by atoms with Gasteiger partial charge in [0.05, 0.1) is 13.0 Å². The van der Waals surface area contributed by atoms with Crippen molar-refractivity contribution in [3.63, 3.8) is 0 Å². The summed E-state index contributed by atoms with van der Waals surface area (Å²) in [6, 6.07) is 3.27. The number of hydrogen-bond acceptors (Lipinski definition) is 7. The molecule has 7 nitrogen and oxygen atoms in total. The van der Waals surface area contributed by atoms with Crippen LogP contribution in [0.3, 0.4) is 0 Å². The highest BCUT2D eigenvalue weighted by Gasteiger charge is 2.39. The Bertz CT molecular complexity index is 1280. The van der Waals surface area contributed by atoms with Gasteiger partial charge in [0.1, 0.15) is 17.2 Å². The second-order valence-electron chi connectivity index (χ2n) is 13.2. The molecule has 3 fully saturated rings. The molecule has 0 radical (unpaired) electrons. The van der Waals surface area contributed by atoms with Gasteiger partial charge in [0.2, 0.25) is 0 Å². The van der Waals surface area contributed by atoms with Gasteiger partial charge < -0.3 is 19.5 Å². The Hall–Kier alpha value is -2.97. The molecule has 1 N–H and O–H groups in total. The molecule has 256 valence electrons. The number of rotatable bonds is 17. The quantitative estimate of drug-likeness (QED) is 0.136. The lowest BCUT2D eigenvalue weighted by Gasteiger charge is -2.29. The molecule has 2 saturated carbocycles. The van der Waals surface area contributed by atoms with E-state index in [1.54, 1.807) is 6.07 Å². The number of hydrogen-bond donors (Lipinski definition) is 1. The molecule has 2 aliphatic carbocycles. The van der Waals surface area contributed by atoms with Crippen molar-refractivity contribution in [2.75, 3.05) is 18.6 Å². The predicted molar refractivity (Wildman–Crippen MR) is 179 cm³/mol. The van der Waals surface area contributed by atoms with E-state index in [2.05, 4.69) is 18.7 Å². The molecule has 46 heavy (non-hydrogen) atoms. The maximum absolute atomic E-state index is 13.2. The lowest BCUT2D eigenvalue weighted by Crippen LogP contribution is -2.20. The lowest BCUT2D eigenvalue weighted by atomic mass is 9.78. The number of esters is 1.